The molecule has 2 unspecified atom stereocenters. The number of hydrogen-bond acceptors (Lipinski definition) is 5. The van der Waals surface area contributed by atoms with Crippen molar-refractivity contribution in [1.29, 1.82) is 0 Å². The molecule has 2 fully saturated rings. The minimum atomic E-state index is -4.61. The zero-order valence-corrected chi connectivity index (χ0v) is 16.6. The van der Waals surface area contributed by atoms with Gasteiger partial charge in [-0.3, -0.25) is 0 Å². The first kappa shape index (κ1) is 20.3. The monoisotopic (exact) mass is 426 g/mol. The van der Waals surface area contributed by atoms with Gasteiger partial charge in [0.15, 0.2) is 9.84 Å². The van der Waals surface area contributed by atoms with Crippen LogP contribution in [-0.2, 0) is 20.8 Å². The summed E-state index contributed by atoms with van der Waals surface area (Å²) in [7, 11) is -4.02. The zero-order valence-electron chi connectivity index (χ0n) is 15.8. The van der Waals surface area contributed by atoms with Crippen molar-refractivity contribution in [2.24, 2.45) is 0 Å². The van der Waals surface area contributed by atoms with Gasteiger partial charge in [0, 0.05) is 30.5 Å². The summed E-state index contributed by atoms with van der Waals surface area (Å²) >= 11 is 0. The lowest BCUT2D eigenvalue weighted by molar-refractivity contribution is -0.137. The Bertz CT molecular complexity index is 1000. The van der Waals surface area contributed by atoms with Crippen LogP contribution >= 0.6 is 0 Å². The van der Waals surface area contributed by atoms with Gasteiger partial charge in [-0.25, -0.2) is 18.4 Å². The van der Waals surface area contributed by atoms with E-state index in [4.69, 9.17) is 4.74 Å². The van der Waals surface area contributed by atoms with E-state index >= 15 is 0 Å². The highest BCUT2D eigenvalue weighted by atomic mass is 32.2. The molecule has 1 aliphatic heterocycles. The Kier molecular flexibility index (Phi) is 4.93. The van der Waals surface area contributed by atoms with Crippen molar-refractivity contribution in [3.05, 3.63) is 53.6 Å². The first-order chi connectivity index (χ1) is 13.6. The third-order valence-electron chi connectivity index (χ3n) is 5.69. The van der Waals surface area contributed by atoms with Crippen molar-refractivity contribution in [2.75, 3.05) is 6.61 Å². The van der Waals surface area contributed by atoms with Gasteiger partial charge in [0.05, 0.1) is 21.3 Å². The van der Waals surface area contributed by atoms with Crippen molar-refractivity contribution in [3.8, 4) is 0 Å². The summed E-state index contributed by atoms with van der Waals surface area (Å²) in [5, 5.41) is 0. The van der Waals surface area contributed by atoms with Crippen LogP contribution in [0.15, 0.2) is 41.6 Å². The molecule has 1 saturated carbocycles. The van der Waals surface area contributed by atoms with Gasteiger partial charge in [0.1, 0.15) is 5.82 Å². The molecule has 2 aromatic rings. The number of ether oxygens (including phenoxy) is 1. The van der Waals surface area contributed by atoms with Crippen LogP contribution in [0.1, 0.15) is 61.6 Å². The van der Waals surface area contributed by atoms with Crippen LogP contribution in [0.3, 0.4) is 0 Å². The second-order valence-electron chi connectivity index (χ2n) is 7.94. The number of hydrogen-bond donors (Lipinski definition) is 0. The molecule has 1 aliphatic carbocycles. The molecule has 1 aromatic carbocycles. The lowest BCUT2D eigenvalue weighted by Crippen LogP contribution is -2.42. The summed E-state index contributed by atoms with van der Waals surface area (Å²) in [6.45, 7) is 1.75. The van der Waals surface area contributed by atoms with Crippen LogP contribution in [0, 0.1) is 0 Å². The highest BCUT2D eigenvalue weighted by molar-refractivity contribution is 7.92. The van der Waals surface area contributed by atoms with E-state index in [1.54, 1.807) is 19.3 Å². The van der Waals surface area contributed by atoms with E-state index in [1.165, 1.54) is 6.07 Å². The minimum Gasteiger partial charge on any atom is -0.373 e. The number of aromatic nitrogens is 2. The van der Waals surface area contributed by atoms with Crippen LogP contribution in [0.5, 0.6) is 0 Å². The van der Waals surface area contributed by atoms with Crippen LogP contribution in [-0.4, -0.2) is 29.7 Å². The van der Waals surface area contributed by atoms with Gasteiger partial charge in [-0.2, -0.15) is 13.2 Å². The molecule has 0 spiro atoms. The molecule has 0 bridgehead atoms. The molecule has 9 heteroatoms. The lowest BCUT2D eigenvalue weighted by atomic mass is 9.93. The van der Waals surface area contributed by atoms with E-state index in [1.807, 2.05) is 0 Å². The quantitative estimate of drug-likeness (QED) is 0.722. The topological polar surface area (TPSA) is 69.2 Å². The summed E-state index contributed by atoms with van der Waals surface area (Å²) < 4.78 is 70.2. The summed E-state index contributed by atoms with van der Waals surface area (Å²) in [5.41, 5.74) is -0.297. The average molecular weight is 426 g/mol. The van der Waals surface area contributed by atoms with E-state index in [0.717, 1.165) is 30.8 Å². The second kappa shape index (κ2) is 7.05. The Labute approximate surface area is 167 Å². The Morgan fingerprint density at radius 1 is 1.17 bits per heavy atom. The molecule has 2 aliphatic rings. The van der Waals surface area contributed by atoms with Gasteiger partial charge < -0.3 is 4.74 Å². The molecular weight excluding hydrogens is 405 g/mol. The van der Waals surface area contributed by atoms with Crippen LogP contribution in [0.25, 0.3) is 0 Å². The minimum absolute atomic E-state index is 0.123. The SMILES string of the molecule is CC1(S(=O)(=O)c2cccc(C(F)(F)F)c2)CCOC(c2cnc(C3CC3)nc2)C1. The Morgan fingerprint density at radius 3 is 2.48 bits per heavy atom. The van der Waals surface area contributed by atoms with Gasteiger partial charge in [0.2, 0.25) is 0 Å². The smallest absolute Gasteiger partial charge is 0.373 e. The fourth-order valence-corrected chi connectivity index (χ4v) is 5.45. The number of rotatable bonds is 4. The molecule has 0 radical (unpaired) electrons. The maximum absolute atomic E-state index is 13.3. The van der Waals surface area contributed by atoms with E-state index < -0.39 is 32.4 Å². The first-order valence-corrected chi connectivity index (χ1v) is 10.9. The molecule has 1 aromatic heterocycles. The van der Waals surface area contributed by atoms with E-state index in [-0.39, 0.29) is 24.3 Å². The molecule has 29 heavy (non-hydrogen) atoms. The highest BCUT2D eigenvalue weighted by Crippen LogP contribution is 2.43. The van der Waals surface area contributed by atoms with Crippen LogP contribution in [0.2, 0.25) is 0 Å². The number of sulfone groups is 1. The molecular formula is C20H21F3N2O3S. The van der Waals surface area contributed by atoms with Crippen LogP contribution in [0.4, 0.5) is 13.2 Å². The second-order valence-corrected chi connectivity index (χ2v) is 10.4. The Morgan fingerprint density at radius 2 is 1.86 bits per heavy atom. The molecule has 156 valence electrons. The summed E-state index contributed by atoms with van der Waals surface area (Å²) in [6, 6.07) is 3.92. The molecule has 2 heterocycles. The molecule has 0 amide bonds. The van der Waals surface area contributed by atoms with E-state index in [2.05, 4.69) is 9.97 Å². The van der Waals surface area contributed by atoms with E-state index in [0.29, 0.717) is 17.5 Å². The largest absolute Gasteiger partial charge is 0.416 e. The Balaban J connectivity index is 1.61. The molecule has 4 rings (SSSR count). The average Bonchev–Trinajstić information content (AvgIpc) is 3.53. The predicted molar refractivity (Wildman–Crippen MR) is 99.0 cm³/mol. The number of alkyl halides is 3. The zero-order chi connectivity index (χ0) is 20.9. The number of benzene rings is 1. The predicted octanol–water partition coefficient (Wildman–Crippen LogP) is 4.46. The van der Waals surface area contributed by atoms with Crippen molar-refractivity contribution in [3.63, 3.8) is 0 Å². The van der Waals surface area contributed by atoms with Crippen molar-refractivity contribution in [2.45, 2.75) is 60.4 Å². The number of nitrogens with zero attached hydrogens (tertiary/aromatic N) is 2. The van der Waals surface area contributed by atoms with E-state index in [9.17, 15) is 21.6 Å². The first-order valence-electron chi connectivity index (χ1n) is 9.45. The third kappa shape index (κ3) is 3.90. The third-order valence-corrected chi connectivity index (χ3v) is 8.24. The molecule has 5 nitrogen and oxygen atoms in total. The van der Waals surface area contributed by atoms with Crippen molar-refractivity contribution in [1.82, 2.24) is 9.97 Å². The molecule has 1 saturated heterocycles. The van der Waals surface area contributed by atoms with Crippen LogP contribution < -0.4 is 0 Å². The maximum Gasteiger partial charge on any atom is 0.416 e. The fraction of sp³-hybridized carbons (Fsp3) is 0.500. The normalized spacial score (nSPS) is 25.7. The fourth-order valence-electron chi connectivity index (χ4n) is 3.62. The summed E-state index contributed by atoms with van der Waals surface area (Å²) in [4.78, 5) is 8.39. The molecule has 2 atom stereocenters. The molecule has 0 N–H and O–H groups in total. The highest BCUT2D eigenvalue weighted by Gasteiger charge is 2.46. The van der Waals surface area contributed by atoms with Crippen molar-refractivity contribution < 1.29 is 26.3 Å². The van der Waals surface area contributed by atoms with Gasteiger partial charge in [-0.05, 0) is 50.8 Å². The van der Waals surface area contributed by atoms with Gasteiger partial charge in [-0.15, -0.1) is 0 Å². The summed E-state index contributed by atoms with van der Waals surface area (Å²) in [5.74, 6) is 1.19. The summed E-state index contributed by atoms with van der Waals surface area (Å²) in [6.07, 6.45) is 0.662. The van der Waals surface area contributed by atoms with Gasteiger partial charge in [-0.1, -0.05) is 6.07 Å². The number of halogens is 3. The Hall–Kier alpha value is -2.00. The van der Waals surface area contributed by atoms with Gasteiger partial charge >= 0.3 is 6.18 Å². The van der Waals surface area contributed by atoms with Gasteiger partial charge in [0.25, 0.3) is 0 Å². The maximum atomic E-state index is 13.3. The standard InChI is InChI=1S/C20H21F3N2O3S/c1-19(29(26,27)16-4-2-3-15(9-16)20(21,22)23)7-8-28-17(10-19)14-11-24-18(25-12-14)13-5-6-13/h2-4,9,11-13,17H,5-8,10H2,1H3. The van der Waals surface area contributed by atoms with Crippen molar-refractivity contribution >= 4 is 9.84 Å². The lowest BCUT2D eigenvalue weighted by Gasteiger charge is -2.37.